The van der Waals surface area contributed by atoms with Crippen LogP contribution in [0.2, 0.25) is 0 Å². The molecule has 0 bridgehead atoms. The van der Waals surface area contributed by atoms with E-state index < -0.39 is 0 Å². The van der Waals surface area contributed by atoms with Gasteiger partial charge in [-0.3, -0.25) is 0 Å². The van der Waals surface area contributed by atoms with Crippen LogP contribution in [0, 0.1) is 11.3 Å². The molecule has 0 aliphatic carbocycles. The third-order valence-electron chi connectivity index (χ3n) is 3.51. The fourth-order valence-corrected chi connectivity index (χ4v) is 2.34. The number of nitriles is 1. The molecule has 1 saturated heterocycles. The Labute approximate surface area is 120 Å². The van der Waals surface area contributed by atoms with Crippen LogP contribution in [-0.2, 0) is 4.74 Å². The monoisotopic (exact) mass is 274 g/mol. The fraction of sp³-hybridized carbons (Fsp3) is 0.562. The highest BCUT2D eigenvalue weighted by Crippen LogP contribution is 2.14. The highest BCUT2D eigenvalue weighted by atomic mass is 16.5. The number of likely N-dealkylation sites (N-methyl/N-ethyl adjacent to an activating group) is 1. The second-order valence-electron chi connectivity index (χ2n) is 5.24. The van der Waals surface area contributed by atoms with Gasteiger partial charge in [-0.2, -0.15) is 5.26 Å². The Bertz CT molecular complexity index is 433. The highest BCUT2D eigenvalue weighted by Gasteiger charge is 2.15. The van der Waals surface area contributed by atoms with Crippen LogP contribution < -0.4 is 4.74 Å². The zero-order valence-corrected chi connectivity index (χ0v) is 12.0. The lowest BCUT2D eigenvalue weighted by molar-refractivity contribution is -0.00282. The molecule has 0 saturated carbocycles. The van der Waals surface area contributed by atoms with Gasteiger partial charge in [0.05, 0.1) is 17.7 Å². The van der Waals surface area contributed by atoms with Gasteiger partial charge in [0.1, 0.15) is 12.4 Å². The minimum Gasteiger partial charge on any atom is -0.492 e. The van der Waals surface area contributed by atoms with Crippen LogP contribution in [0.15, 0.2) is 24.3 Å². The predicted octanol–water partition coefficient (Wildman–Crippen LogP) is 2.44. The highest BCUT2D eigenvalue weighted by molar-refractivity contribution is 5.34. The zero-order valence-electron chi connectivity index (χ0n) is 12.0. The summed E-state index contributed by atoms with van der Waals surface area (Å²) in [5.41, 5.74) is 0.656. The third-order valence-corrected chi connectivity index (χ3v) is 3.51. The Morgan fingerprint density at radius 2 is 2.15 bits per heavy atom. The Morgan fingerprint density at radius 3 is 2.80 bits per heavy atom. The van der Waals surface area contributed by atoms with Gasteiger partial charge in [0.15, 0.2) is 0 Å². The van der Waals surface area contributed by atoms with Gasteiger partial charge in [-0.05, 0) is 50.6 Å². The van der Waals surface area contributed by atoms with Crippen LogP contribution in [-0.4, -0.2) is 44.4 Å². The van der Waals surface area contributed by atoms with Crippen molar-refractivity contribution in [2.24, 2.45) is 0 Å². The SMILES string of the molecule is CN(CCOc1ccc(C#N)cc1)CC1CCCCO1. The van der Waals surface area contributed by atoms with Gasteiger partial charge in [0.25, 0.3) is 0 Å². The van der Waals surface area contributed by atoms with Crippen molar-refractivity contribution in [2.75, 3.05) is 33.4 Å². The molecule has 4 nitrogen and oxygen atoms in total. The van der Waals surface area contributed by atoms with Gasteiger partial charge < -0.3 is 14.4 Å². The van der Waals surface area contributed by atoms with E-state index in [1.807, 2.05) is 12.1 Å². The van der Waals surface area contributed by atoms with Crippen molar-refractivity contribution >= 4 is 0 Å². The topological polar surface area (TPSA) is 45.5 Å². The Balaban J connectivity index is 1.65. The summed E-state index contributed by atoms with van der Waals surface area (Å²) in [5.74, 6) is 0.811. The van der Waals surface area contributed by atoms with Gasteiger partial charge in [0, 0.05) is 19.7 Å². The molecule has 0 radical (unpaired) electrons. The molecular formula is C16H22N2O2. The van der Waals surface area contributed by atoms with Gasteiger partial charge >= 0.3 is 0 Å². The Kier molecular flexibility index (Phi) is 5.85. The van der Waals surface area contributed by atoms with Gasteiger partial charge in [-0.15, -0.1) is 0 Å². The molecule has 1 fully saturated rings. The maximum Gasteiger partial charge on any atom is 0.119 e. The summed E-state index contributed by atoms with van der Waals surface area (Å²) in [4.78, 5) is 2.25. The first-order chi connectivity index (χ1) is 9.78. The molecule has 1 aromatic rings. The van der Waals surface area contributed by atoms with Crippen LogP contribution >= 0.6 is 0 Å². The molecule has 1 aliphatic heterocycles. The lowest BCUT2D eigenvalue weighted by Crippen LogP contribution is -2.35. The first-order valence-corrected chi connectivity index (χ1v) is 7.21. The summed E-state index contributed by atoms with van der Waals surface area (Å²) >= 11 is 0. The van der Waals surface area contributed by atoms with E-state index in [1.165, 1.54) is 19.3 Å². The second-order valence-corrected chi connectivity index (χ2v) is 5.24. The molecule has 4 heteroatoms. The average Bonchev–Trinajstić information content (AvgIpc) is 2.49. The zero-order chi connectivity index (χ0) is 14.2. The largest absolute Gasteiger partial charge is 0.492 e. The molecule has 1 atom stereocenters. The maximum atomic E-state index is 8.72. The normalized spacial score (nSPS) is 18.8. The van der Waals surface area contributed by atoms with Crippen molar-refractivity contribution in [1.82, 2.24) is 4.90 Å². The lowest BCUT2D eigenvalue weighted by Gasteiger charge is -2.27. The number of hydrogen-bond acceptors (Lipinski definition) is 4. The van der Waals surface area contributed by atoms with Crippen molar-refractivity contribution in [3.63, 3.8) is 0 Å². The minimum atomic E-state index is 0.378. The second kappa shape index (κ2) is 7.88. The fourth-order valence-electron chi connectivity index (χ4n) is 2.34. The molecule has 20 heavy (non-hydrogen) atoms. The van der Waals surface area contributed by atoms with Gasteiger partial charge in [0.2, 0.25) is 0 Å². The first-order valence-electron chi connectivity index (χ1n) is 7.21. The van der Waals surface area contributed by atoms with E-state index >= 15 is 0 Å². The van der Waals surface area contributed by atoms with Crippen molar-refractivity contribution in [3.8, 4) is 11.8 Å². The molecule has 2 rings (SSSR count). The van der Waals surface area contributed by atoms with Crippen LogP contribution in [0.4, 0.5) is 0 Å². The molecule has 0 aromatic heterocycles. The Morgan fingerprint density at radius 1 is 1.35 bits per heavy atom. The smallest absolute Gasteiger partial charge is 0.119 e. The van der Waals surface area contributed by atoms with E-state index in [0.29, 0.717) is 18.3 Å². The van der Waals surface area contributed by atoms with E-state index in [0.717, 1.165) is 25.4 Å². The summed E-state index contributed by atoms with van der Waals surface area (Å²) in [6, 6.07) is 9.31. The van der Waals surface area contributed by atoms with E-state index in [1.54, 1.807) is 12.1 Å². The van der Waals surface area contributed by atoms with E-state index in [2.05, 4.69) is 18.0 Å². The number of hydrogen-bond donors (Lipinski definition) is 0. The number of benzene rings is 1. The van der Waals surface area contributed by atoms with Crippen LogP contribution in [0.5, 0.6) is 5.75 Å². The summed E-state index contributed by atoms with van der Waals surface area (Å²) in [6.07, 6.45) is 4.02. The molecule has 0 amide bonds. The van der Waals surface area contributed by atoms with Crippen LogP contribution in [0.1, 0.15) is 24.8 Å². The summed E-state index contributed by atoms with van der Waals surface area (Å²) in [6.45, 7) is 3.39. The first kappa shape index (κ1) is 14.8. The Hall–Kier alpha value is -1.57. The van der Waals surface area contributed by atoms with Crippen molar-refractivity contribution in [3.05, 3.63) is 29.8 Å². The summed E-state index contributed by atoms with van der Waals surface area (Å²) in [5, 5.41) is 8.72. The minimum absolute atomic E-state index is 0.378. The molecule has 1 aliphatic rings. The molecule has 1 aromatic carbocycles. The van der Waals surface area contributed by atoms with Crippen molar-refractivity contribution in [2.45, 2.75) is 25.4 Å². The number of nitrogens with zero attached hydrogens (tertiary/aromatic N) is 2. The van der Waals surface area contributed by atoms with Crippen LogP contribution in [0.25, 0.3) is 0 Å². The van der Waals surface area contributed by atoms with Crippen LogP contribution in [0.3, 0.4) is 0 Å². The molecule has 1 unspecified atom stereocenters. The maximum absolute atomic E-state index is 8.72. The van der Waals surface area contributed by atoms with Crippen molar-refractivity contribution < 1.29 is 9.47 Å². The molecular weight excluding hydrogens is 252 g/mol. The van der Waals surface area contributed by atoms with Gasteiger partial charge in [-0.25, -0.2) is 0 Å². The number of ether oxygens (including phenoxy) is 2. The van der Waals surface area contributed by atoms with E-state index in [4.69, 9.17) is 14.7 Å². The van der Waals surface area contributed by atoms with Crippen molar-refractivity contribution in [1.29, 1.82) is 5.26 Å². The summed E-state index contributed by atoms with van der Waals surface area (Å²) in [7, 11) is 2.10. The standard InChI is InChI=1S/C16H22N2O2/c1-18(13-16-4-2-3-10-19-16)9-11-20-15-7-5-14(12-17)6-8-15/h5-8,16H,2-4,9-11,13H2,1H3. The summed E-state index contributed by atoms with van der Waals surface area (Å²) < 4.78 is 11.4. The number of rotatable bonds is 6. The molecule has 0 spiro atoms. The molecule has 0 N–H and O–H groups in total. The van der Waals surface area contributed by atoms with E-state index in [9.17, 15) is 0 Å². The predicted molar refractivity (Wildman–Crippen MR) is 77.7 cm³/mol. The van der Waals surface area contributed by atoms with Gasteiger partial charge in [-0.1, -0.05) is 0 Å². The molecule has 1 heterocycles. The van der Waals surface area contributed by atoms with E-state index in [-0.39, 0.29) is 0 Å². The lowest BCUT2D eigenvalue weighted by atomic mass is 10.1. The molecule has 108 valence electrons. The quantitative estimate of drug-likeness (QED) is 0.799. The third kappa shape index (κ3) is 4.84. The average molecular weight is 274 g/mol.